The maximum absolute atomic E-state index is 14.3. The lowest BCUT2D eigenvalue weighted by molar-refractivity contribution is 0.276. The highest BCUT2D eigenvalue weighted by atomic mass is 35.5. The van der Waals surface area contributed by atoms with E-state index >= 15 is 0 Å². The molecule has 2 aromatic rings. The zero-order valence-corrected chi connectivity index (χ0v) is 18.5. The van der Waals surface area contributed by atoms with E-state index in [2.05, 4.69) is 15.2 Å². The lowest BCUT2D eigenvalue weighted by atomic mass is 10.1. The molecule has 1 atom stereocenters. The normalized spacial score (nSPS) is 12.1. The smallest absolute Gasteiger partial charge is 0.316 e. The van der Waals surface area contributed by atoms with Gasteiger partial charge in [-0.05, 0) is 62.1 Å². The van der Waals surface area contributed by atoms with Gasteiger partial charge in [-0.25, -0.2) is 8.78 Å². The summed E-state index contributed by atoms with van der Waals surface area (Å²) in [6, 6.07) is 9.56. The van der Waals surface area contributed by atoms with Gasteiger partial charge in [-0.3, -0.25) is 4.57 Å². The molecule has 3 N–H and O–H groups in total. The Labute approximate surface area is 181 Å². The van der Waals surface area contributed by atoms with Gasteiger partial charge in [0.2, 0.25) is 0 Å². The molecule has 0 spiro atoms. The summed E-state index contributed by atoms with van der Waals surface area (Å²) >= 11 is 6.26. The molecule has 2 aromatic carbocycles. The first-order chi connectivity index (χ1) is 14.5. The first-order valence-electron chi connectivity index (χ1n) is 9.98. The summed E-state index contributed by atoms with van der Waals surface area (Å²) < 4.78 is 42.2. The number of benzene rings is 2. The third kappa shape index (κ3) is 9.54. The van der Waals surface area contributed by atoms with Gasteiger partial charge in [0, 0.05) is 18.7 Å². The molecule has 1 unspecified atom stereocenters. The summed E-state index contributed by atoms with van der Waals surface area (Å²) in [4.78, 5) is 8.56. The van der Waals surface area contributed by atoms with E-state index in [-0.39, 0.29) is 18.2 Å². The molecule has 5 nitrogen and oxygen atoms in total. The fraction of sp³-hybridized carbons (Fsp3) is 0.429. The van der Waals surface area contributed by atoms with E-state index in [0.717, 1.165) is 31.2 Å². The zero-order chi connectivity index (χ0) is 21.8. The van der Waals surface area contributed by atoms with Crippen molar-refractivity contribution in [1.29, 1.82) is 0 Å². The van der Waals surface area contributed by atoms with Crippen molar-refractivity contribution in [2.75, 3.05) is 25.0 Å². The summed E-state index contributed by atoms with van der Waals surface area (Å²) in [6.45, 7) is 1.71. The molecule has 2 rings (SSSR count). The molecule has 0 heterocycles. The quantitative estimate of drug-likeness (QED) is 0.263. The minimum Gasteiger partial charge on any atom is -0.384 e. The summed E-state index contributed by atoms with van der Waals surface area (Å²) in [7, 11) is -2.89. The predicted molar refractivity (Wildman–Crippen MR) is 117 cm³/mol. The molecule has 0 saturated carbocycles. The fourth-order valence-corrected chi connectivity index (χ4v) is 3.52. The average Bonchev–Trinajstić information content (AvgIpc) is 2.71. The third-order valence-corrected chi connectivity index (χ3v) is 5.31. The fourth-order valence-electron chi connectivity index (χ4n) is 2.94. The topological polar surface area (TPSA) is 70.6 Å². The highest BCUT2D eigenvalue weighted by Crippen LogP contribution is 2.26. The van der Waals surface area contributed by atoms with Crippen molar-refractivity contribution in [3.8, 4) is 0 Å². The van der Waals surface area contributed by atoms with E-state index in [9.17, 15) is 13.3 Å². The number of aryl methyl sites for hydroxylation is 1. The maximum Gasteiger partial charge on any atom is 0.316 e. The molecule has 0 amide bonds. The Hall–Kier alpha value is -1.50. The van der Waals surface area contributed by atoms with Crippen LogP contribution in [0.4, 0.5) is 14.5 Å². The summed E-state index contributed by atoms with van der Waals surface area (Å²) in [5.74, 6) is -0.566. The van der Waals surface area contributed by atoms with Crippen molar-refractivity contribution >= 4 is 25.5 Å². The first kappa shape index (κ1) is 24.8. The number of hydrogen-bond acceptors (Lipinski definition) is 4. The van der Waals surface area contributed by atoms with E-state index in [4.69, 9.17) is 16.5 Å². The summed E-state index contributed by atoms with van der Waals surface area (Å²) in [6.07, 6.45) is 4.38. The number of rotatable bonds is 14. The van der Waals surface area contributed by atoms with Gasteiger partial charge in [0.1, 0.15) is 11.6 Å². The molecule has 0 aromatic heterocycles. The Morgan fingerprint density at radius 3 is 2.53 bits per heavy atom. The molecular formula is C21H28ClF2N2O3P. The van der Waals surface area contributed by atoms with Crippen LogP contribution in [0.1, 0.15) is 36.8 Å². The van der Waals surface area contributed by atoms with Crippen molar-refractivity contribution in [3.63, 3.8) is 0 Å². The second-order valence-corrected chi connectivity index (χ2v) is 8.16. The number of unbranched alkanes of at least 4 members (excludes halogenated alkanes) is 2. The number of anilines is 1. The Morgan fingerprint density at radius 2 is 1.80 bits per heavy atom. The van der Waals surface area contributed by atoms with E-state index in [1.807, 2.05) is 0 Å². The van der Waals surface area contributed by atoms with Crippen LogP contribution < -0.4 is 10.6 Å². The van der Waals surface area contributed by atoms with Crippen LogP contribution in [0, 0.1) is 11.6 Å². The monoisotopic (exact) mass is 460 g/mol. The molecule has 166 valence electrons. The zero-order valence-electron chi connectivity index (χ0n) is 16.7. The van der Waals surface area contributed by atoms with Crippen LogP contribution in [0.5, 0.6) is 0 Å². The molecule has 0 saturated heterocycles. The van der Waals surface area contributed by atoms with E-state index in [0.29, 0.717) is 42.3 Å². The molecule has 0 radical (unpaired) electrons. The van der Waals surface area contributed by atoms with Crippen molar-refractivity contribution in [2.24, 2.45) is 0 Å². The first-order valence-corrected chi connectivity index (χ1v) is 11.6. The third-order valence-electron chi connectivity index (χ3n) is 4.55. The van der Waals surface area contributed by atoms with Crippen molar-refractivity contribution in [3.05, 3.63) is 64.2 Å². The van der Waals surface area contributed by atoms with Gasteiger partial charge < -0.3 is 20.1 Å². The molecule has 30 heavy (non-hydrogen) atoms. The largest absolute Gasteiger partial charge is 0.384 e. The van der Waals surface area contributed by atoms with Crippen LogP contribution >= 0.6 is 19.9 Å². The Bertz CT molecular complexity index is 810. The van der Waals surface area contributed by atoms with Crippen LogP contribution in [0.2, 0.25) is 5.02 Å². The van der Waals surface area contributed by atoms with Gasteiger partial charge in [-0.15, -0.1) is 0 Å². The molecule has 0 aliphatic carbocycles. The predicted octanol–water partition coefficient (Wildman–Crippen LogP) is 5.32. The highest BCUT2D eigenvalue weighted by molar-refractivity contribution is 7.32. The lowest BCUT2D eigenvalue weighted by Crippen LogP contribution is -2.17. The van der Waals surface area contributed by atoms with Crippen LogP contribution in [-0.4, -0.2) is 24.6 Å². The summed E-state index contributed by atoms with van der Waals surface area (Å²) in [5, 5.41) is 6.69. The van der Waals surface area contributed by atoms with E-state index in [1.54, 1.807) is 18.2 Å². The van der Waals surface area contributed by atoms with Crippen LogP contribution in [-0.2, 0) is 22.1 Å². The molecule has 0 bridgehead atoms. The van der Waals surface area contributed by atoms with Gasteiger partial charge >= 0.3 is 8.25 Å². The molecule has 0 fully saturated rings. The number of halogens is 3. The van der Waals surface area contributed by atoms with Crippen molar-refractivity contribution in [1.82, 2.24) is 5.32 Å². The maximum atomic E-state index is 14.3. The van der Waals surface area contributed by atoms with Crippen molar-refractivity contribution in [2.45, 2.75) is 38.6 Å². The van der Waals surface area contributed by atoms with Crippen LogP contribution in [0.15, 0.2) is 36.4 Å². The standard InChI is InChI=1S/C21H28ClF2N2O3P/c22-19-13-17(15-25-10-4-12-29-30(27)28)20(24)14-21(19)26-11-3-1-2-5-16-6-8-18(23)9-7-16/h6-9,13-14,25-26,30H,1-5,10-12,15H2,(H,27,28). The second-order valence-electron chi connectivity index (χ2n) is 6.93. The number of hydrogen-bond donors (Lipinski definition) is 3. The van der Waals surface area contributed by atoms with E-state index in [1.165, 1.54) is 18.2 Å². The minimum atomic E-state index is -2.89. The SMILES string of the molecule is O=[PH](O)OCCCNCc1cc(Cl)c(NCCCCCc2ccc(F)cc2)cc1F. The van der Waals surface area contributed by atoms with E-state index < -0.39 is 8.25 Å². The minimum absolute atomic E-state index is 0.178. The molecule has 0 aliphatic rings. The van der Waals surface area contributed by atoms with Crippen LogP contribution in [0.25, 0.3) is 0 Å². The van der Waals surface area contributed by atoms with Crippen LogP contribution in [0.3, 0.4) is 0 Å². The van der Waals surface area contributed by atoms with Crippen molar-refractivity contribution < 1.29 is 22.8 Å². The Morgan fingerprint density at radius 1 is 1.03 bits per heavy atom. The Balaban J connectivity index is 1.65. The van der Waals surface area contributed by atoms with Gasteiger partial charge in [0.15, 0.2) is 0 Å². The number of nitrogens with one attached hydrogen (secondary N) is 2. The average molecular weight is 461 g/mol. The molecule has 9 heteroatoms. The highest BCUT2D eigenvalue weighted by Gasteiger charge is 2.08. The van der Waals surface area contributed by atoms with Gasteiger partial charge in [0.25, 0.3) is 0 Å². The second kappa shape index (κ2) is 13.7. The van der Waals surface area contributed by atoms with Gasteiger partial charge in [0.05, 0.1) is 17.3 Å². The van der Waals surface area contributed by atoms with Gasteiger partial charge in [-0.1, -0.05) is 30.2 Å². The summed E-state index contributed by atoms with van der Waals surface area (Å²) in [5.41, 5.74) is 2.15. The molecule has 0 aliphatic heterocycles. The lowest BCUT2D eigenvalue weighted by Gasteiger charge is -2.12. The molecular weight excluding hydrogens is 433 g/mol. The van der Waals surface area contributed by atoms with Gasteiger partial charge in [-0.2, -0.15) is 0 Å². The Kier molecular flexibility index (Phi) is 11.3.